The first-order valence-corrected chi connectivity index (χ1v) is 6.79. The Labute approximate surface area is 122 Å². The zero-order valence-corrected chi connectivity index (χ0v) is 11.9. The van der Waals surface area contributed by atoms with E-state index in [1.807, 2.05) is 0 Å². The molecule has 2 rings (SSSR count). The van der Waals surface area contributed by atoms with Crippen LogP contribution in [0.3, 0.4) is 0 Å². The van der Waals surface area contributed by atoms with Gasteiger partial charge < -0.3 is 15.1 Å². The predicted molar refractivity (Wildman–Crippen MR) is 77.9 cm³/mol. The molecule has 0 aliphatic rings. The molecule has 0 fully saturated rings. The SMILES string of the molecule is CCCNc1ccc(Cl)c(C(=O)NCc2ccco2)n1. The van der Waals surface area contributed by atoms with Gasteiger partial charge in [0.05, 0.1) is 17.8 Å². The number of halogens is 1. The van der Waals surface area contributed by atoms with Crippen LogP contribution in [0.5, 0.6) is 0 Å². The highest BCUT2D eigenvalue weighted by atomic mass is 35.5. The standard InChI is InChI=1S/C14H16ClN3O2/c1-2-7-16-12-6-5-11(15)13(18-12)14(19)17-9-10-4-3-8-20-10/h3-6,8H,2,7,9H2,1H3,(H,16,18)(H,17,19). The third-order valence-corrected chi connectivity index (χ3v) is 2.93. The molecule has 2 heterocycles. The number of aromatic nitrogens is 1. The highest BCUT2D eigenvalue weighted by Crippen LogP contribution is 2.17. The lowest BCUT2D eigenvalue weighted by atomic mass is 10.3. The number of carbonyl (C=O) groups excluding carboxylic acids is 1. The topological polar surface area (TPSA) is 67.2 Å². The lowest BCUT2D eigenvalue weighted by molar-refractivity contribution is 0.0943. The molecule has 106 valence electrons. The second-order valence-corrected chi connectivity index (χ2v) is 4.62. The van der Waals surface area contributed by atoms with Crippen LogP contribution in [0.2, 0.25) is 5.02 Å². The maximum atomic E-state index is 12.1. The molecule has 1 amide bonds. The smallest absolute Gasteiger partial charge is 0.271 e. The van der Waals surface area contributed by atoms with Crippen LogP contribution >= 0.6 is 11.6 Å². The Hall–Kier alpha value is -2.01. The molecule has 0 aliphatic heterocycles. The van der Waals surface area contributed by atoms with E-state index >= 15 is 0 Å². The van der Waals surface area contributed by atoms with Crippen LogP contribution in [0.25, 0.3) is 0 Å². The summed E-state index contributed by atoms with van der Waals surface area (Å²) < 4.78 is 5.15. The molecule has 0 saturated carbocycles. The Balaban J connectivity index is 2.04. The molecule has 0 spiro atoms. The van der Waals surface area contributed by atoms with Crippen LogP contribution in [-0.4, -0.2) is 17.4 Å². The van der Waals surface area contributed by atoms with Crippen molar-refractivity contribution in [3.63, 3.8) is 0 Å². The minimum atomic E-state index is -0.327. The highest BCUT2D eigenvalue weighted by molar-refractivity contribution is 6.33. The number of nitrogens with one attached hydrogen (secondary N) is 2. The van der Waals surface area contributed by atoms with E-state index in [2.05, 4.69) is 22.5 Å². The molecule has 0 atom stereocenters. The van der Waals surface area contributed by atoms with Crippen LogP contribution in [0.15, 0.2) is 34.9 Å². The Morgan fingerprint density at radius 1 is 1.40 bits per heavy atom. The van der Waals surface area contributed by atoms with Gasteiger partial charge in [0, 0.05) is 6.54 Å². The summed E-state index contributed by atoms with van der Waals surface area (Å²) in [5.74, 6) is 0.987. The van der Waals surface area contributed by atoms with E-state index in [0.717, 1.165) is 13.0 Å². The van der Waals surface area contributed by atoms with Crippen molar-refractivity contribution in [2.24, 2.45) is 0 Å². The largest absolute Gasteiger partial charge is 0.467 e. The first-order valence-electron chi connectivity index (χ1n) is 6.41. The predicted octanol–water partition coefficient (Wildman–Crippen LogP) is 3.08. The van der Waals surface area contributed by atoms with E-state index in [1.165, 1.54) is 0 Å². The molecule has 2 N–H and O–H groups in total. The number of hydrogen-bond acceptors (Lipinski definition) is 4. The van der Waals surface area contributed by atoms with Crippen LogP contribution in [0.1, 0.15) is 29.6 Å². The first kappa shape index (κ1) is 14.4. The summed E-state index contributed by atoms with van der Waals surface area (Å²) in [6.07, 6.45) is 2.53. The molecular formula is C14H16ClN3O2. The molecule has 0 saturated heterocycles. The van der Waals surface area contributed by atoms with Crippen molar-refractivity contribution in [3.05, 3.63) is 47.0 Å². The van der Waals surface area contributed by atoms with Crippen molar-refractivity contribution < 1.29 is 9.21 Å². The molecule has 0 radical (unpaired) electrons. The molecule has 2 aromatic heterocycles. The maximum Gasteiger partial charge on any atom is 0.271 e. The van der Waals surface area contributed by atoms with Crippen molar-refractivity contribution in [1.82, 2.24) is 10.3 Å². The second kappa shape index (κ2) is 6.96. The van der Waals surface area contributed by atoms with Gasteiger partial charge in [0.15, 0.2) is 0 Å². The van der Waals surface area contributed by atoms with Gasteiger partial charge in [0.2, 0.25) is 0 Å². The van der Waals surface area contributed by atoms with E-state index in [-0.39, 0.29) is 11.6 Å². The monoisotopic (exact) mass is 293 g/mol. The van der Waals surface area contributed by atoms with Crippen molar-refractivity contribution in [2.45, 2.75) is 19.9 Å². The van der Waals surface area contributed by atoms with Crippen LogP contribution in [0, 0.1) is 0 Å². The molecule has 0 aliphatic carbocycles. The molecular weight excluding hydrogens is 278 g/mol. The average Bonchev–Trinajstić information content (AvgIpc) is 2.97. The lowest BCUT2D eigenvalue weighted by Gasteiger charge is -2.08. The minimum Gasteiger partial charge on any atom is -0.467 e. The van der Waals surface area contributed by atoms with E-state index in [9.17, 15) is 4.79 Å². The molecule has 0 unspecified atom stereocenters. The number of anilines is 1. The normalized spacial score (nSPS) is 10.3. The summed E-state index contributed by atoms with van der Waals surface area (Å²) in [6.45, 7) is 3.15. The quantitative estimate of drug-likeness (QED) is 0.859. The van der Waals surface area contributed by atoms with Gasteiger partial charge in [-0.05, 0) is 30.7 Å². The Morgan fingerprint density at radius 3 is 2.95 bits per heavy atom. The Bertz CT molecular complexity index is 570. The number of nitrogens with zero attached hydrogens (tertiary/aromatic N) is 1. The van der Waals surface area contributed by atoms with Crippen molar-refractivity contribution in [2.75, 3.05) is 11.9 Å². The molecule has 0 aromatic carbocycles. The summed E-state index contributed by atoms with van der Waals surface area (Å²) >= 11 is 6.01. The van der Waals surface area contributed by atoms with Crippen LogP contribution in [-0.2, 0) is 6.54 Å². The fourth-order valence-electron chi connectivity index (χ4n) is 1.62. The number of amides is 1. The van der Waals surface area contributed by atoms with Gasteiger partial charge in [-0.1, -0.05) is 18.5 Å². The van der Waals surface area contributed by atoms with E-state index in [4.69, 9.17) is 16.0 Å². The van der Waals surface area contributed by atoms with E-state index < -0.39 is 0 Å². The van der Waals surface area contributed by atoms with Gasteiger partial charge in [0.1, 0.15) is 17.3 Å². The third-order valence-electron chi connectivity index (χ3n) is 2.62. The fraction of sp³-hybridized carbons (Fsp3) is 0.286. The highest BCUT2D eigenvalue weighted by Gasteiger charge is 2.13. The zero-order valence-electron chi connectivity index (χ0n) is 11.1. The van der Waals surface area contributed by atoms with E-state index in [0.29, 0.717) is 23.1 Å². The fourth-order valence-corrected chi connectivity index (χ4v) is 1.81. The van der Waals surface area contributed by atoms with Crippen molar-refractivity contribution in [3.8, 4) is 0 Å². The van der Waals surface area contributed by atoms with Gasteiger partial charge in [0.25, 0.3) is 5.91 Å². The summed E-state index contributed by atoms with van der Waals surface area (Å²) in [5.41, 5.74) is 0.208. The number of carbonyl (C=O) groups is 1. The van der Waals surface area contributed by atoms with E-state index in [1.54, 1.807) is 30.5 Å². The van der Waals surface area contributed by atoms with Gasteiger partial charge in [-0.3, -0.25) is 4.79 Å². The minimum absolute atomic E-state index is 0.208. The molecule has 5 nitrogen and oxygen atoms in total. The summed E-state index contributed by atoms with van der Waals surface area (Å²) in [6, 6.07) is 6.96. The van der Waals surface area contributed by atoms with Gasteiger partial charge in [-0.15, -0.1) is 0 Å². The zero-order chi connectivity index (χ0) is 14.4. The average molecular weight is 294 g/mol. The molecule has 20 heavy (non-hydrogen) atoms. The first-order chi connectivity index (χ1) is 9.70. The Morgan fingerprint density at radius 2 is 2.25 bits per heavy atom. The molecule has 6 heteroatoms. The number of pyridine rings is 1. The van der Waals surface area contributed by atoms with Crippen LogP contribution < -0.4 is 10.6 Å². The maximum absolute atomic E-state index is 12.1. The van der Waals surface area contributed by atoms with Gasteiger partial charge in [-0.25, -0.2) is 4.98 Å². The van der Waals surface area contributed by atoms with Crippen molar-refractivity contribution >= 4 is 23.3 Å². The number of hydrogen-bond donors (Lipinski definition) is 2. The summed E-state index contributed by atoms with van der Waals surface area (Å²) in [4.78, 5) is 16.3. The van der Waals surface area contributed by atoms with Gasteiger partial charge >= 0.3 is 0 Å². The molecule has 0 bridgehead atoms. The summed E-state index contributed by atoms with van der Waals surface area (Å²) in [5, 5.41) is 6.16. The molecule has 2 aromatic rings. The lowest BCUT2D eigenvalue weighted by Crippen LogP contribution is -2.24. The summed E-state index contributed by atoms with van der Waals surface area (Å²) in [7, 11) is 0. The number of furan rings is 1. The second-order valence-electron chi connectivity index (χ2n) is 4.22. The van der Waals surface area contributed by atoms with Crippen molar-refractivity contribution in [1.29, 1.82) is 0 Å². The van der Waals surface area contributed by atoms with Gasteiger partial charge in [-0.2, -0.15) is 0 Å². The van der Waals surface area contributed by atoms with Crippen LogP contribution in [0.4, 0.5) is 5.82 Å². The Kier molecular flexibility index (Phi) is 5.01. The number of rotatable bonds is 6. The third kappa shape index (κ3) is 3.74.